The zero-order valence-corrected chi connectivity index (χ0v) is 13.2. The van der Waals surface area contributed by atoms with E-state index in [4.69, 9.17) is 11.6 Å². The van der Waals surface area contributed by atoms with Gasteiger partial charge in [-0.1, -0.05) is 41.9 Å². The van der Waals surface area contributed by atoms with Crippen LogP contribution in [0.3, 0.4) is 0 Å². The van der Waals surface area contributed by atoms with Crippen molar-refractivity contribution in [1.82, 2.24) is 14.9 Å². The highest BCUT2D eigenvalue weighted by Crippen LogP contribution is 2.14. The molecule has 6 heteroatoms. The number of fused-ring (bicyclic) bond motifs is 1. The van der Waals surface area contributed by atoms with Crippen LogP contribution in [0.5, 0.6) is 0 Å². The van der Waals surface area contributed by atoms with Crippen molar-refractivity contribution >= 4 is 28.5 Å². The van der Waals surface area contributed by atoms with E-state index in [0.717, 1.165) is 5.56 Å². The van der Waals surface area contributed by atoms with E-state index in [0.29, 0.717) is 16.1 Å². The molecule has 0 bridgehead atoms. The average Bonchev–Trinajstić information content (AvgIpc) is 2.57. The summed E-state index contributed by atoms with van der Waals surface area (Å²) in [7, 11) is 1.62. The van der Waals surface area contributed by atoms with Gasteiger partial charge in [-0.15, -0.1) is 0 Å². The largest absolute Gasteiger partial charge is 0.346 e. The third-order valence-corrected chi connectivity index (χ3v) is 3.96. The second kappa shape index (κ2) is 6.22. The number of aromatic nitrogens is 2. The predicted octanol–water partition coefficient (Wildman–Crippen LogP) is 2.52. The van der Waals surface area contributed by atoms with Crippen molar-refractivity contribution in [3.8, 4) is 0 Å². The second-order valence-electron chi connectivity index (χ2n) is 5.09. The Morgan fingerprint density at radius 3 is 2.65 bits per heavy atom. The Kier molecular flexibility index (Phi) is 4.12. The lowest BCUT2D eigenvalue weighted by molar-refractivity contribution is 0.0944. The minimum atomic E-state index is -0.517. The third-order valence-electron chi connectivity index (χ3n) is 3.59. The number of aryl methyl sites for hydroxylation is 1. The van der Waals surface area contributed by atoms with E-state index >= 15 is 0 Å². The fraction of sp³-hybridized carbons (Fsp3) is 0.118. The van der Waals surface area contributed by atoms with Gasteiger partial charge in [0.2, 0.25) is 0 Å². The standard InChI is InChI=1S/C17H14ClN3O2/c1-21-14-9-5-4-8-13(14)20-15(17(21)23)16(22)19-10-11-6-2-3-7-12(11)18/h2-9H,10H2,1H3,(H,19,22). The molecule has 1 heterocycles. The summed E-state index contributed by atoms with van der Waals surface area (Å²) in [6.45, 7) is 0.232. The first-order chi connectivity index (χ1) is 11.1. The number of nitrogens with zero attached hydrogens (tertiary/aromatic N) is 2. The van der Waals surface area contributed by atoms with Crippen LogP contribution in [0.4, 0.5) is 0 Å². The summed E-state index contributed by atoms with van der Waals surface area (Å²) in [5, 5.41) is 3.25. The van der Waals surface area contributed by atoms with E-state index in [-0.39, 0.29) is 12.2 Å². The quantitative estimate of drug-likeness (QED) is 0.804. The average molecular weight is 328 g/mol. The number of para-hydroxylation sites is 2. The van der Waals surface area contributed by atoms with E-state index in [1.165, 1.54) is 4.57 Å². The molecule has 3 rings (SSSR count). The molecule has 0 aliphatic rings. The van der Waals surface area contributed by atoms with Crippen LogP contribution in [0, 0.1) is 0 Å². The zero-order chi connectivity index (χ0) is 16.4. The maximum absolute atomic E-state index is 12.3. The fourth-order valence-electron chi connectivity index (χ4n) is 2.33. The number of rotatable bonds is 3. The number of hydrogen-bond acceptors (Lipinski definition) is 3. The van der Waals surface area contributed by atoms with Gasteiger partial charge >= 0.3 is 0 Å². The Morgan fingerprint density at radius 2 is 1.87 bits per heavy atom. The van der Waals surface area contributed by atoms with E-state index in [9.17, 15) is 9.59 Å². The van der Waals surface area contributed by atoms with E-state index in [1.807, 2.05) is 30.3 Å². The van der Waals surface area contributed by atoms with Crippen molar-refractivity contribution in [1.29, 1.82) is 0 Å². The van der Waals surface area contributed by atoms with E-state index in [2.05, 4.69) is 10.3 Å². The van der Waals surface area contributed by atoms with Crippen LogP contribution in [-0.4, -0.2) is 15.5 Å². The van der Waals surface area contributed by atoms with Gasteiger partial charge in [0.15, 0.2) is 5.69 Å². The summed E-state index contributed by atoms with van der Waals surface area (Å²) >= 11 is 6.06. The highest BCUT2D eigenvalue weighted by Gasteiger charge is 2.16. The van der Waals surface area contributed by atoms with Gasteiger partial charge in [-0.05, 0) is 23.8 Å². The summed E-state index contributed by atoms with van der Waals surface area (Å²) in [5.41, 5.74) is 1.50. The highest BCUT2D eigenvalue weighted by molar-refractivity contribution is 6.31. The van der Waals surface area contributed by atoms with Crippen LogP contribution >= 0.6 is 11.6 Å². The Morgan fingerprint density at radius 1 is 1.17 bits per heavy atom. The monoisotopic (exact) mass is 327 g/mol. The highest BCUT2D eigenvalue weighted by atomic mass is 35.5. The molecule has 1 N–H and O–H groups in total. The molecule has 0 atom stereocenters. The lowest BCUT2D eigenvalue weighted by atomic mass is 10.2. The molecule has 1 amide bonds. The first-order valence-corrected chi connectivity index (χ1v) is 7.43. The Labute approximate surface area is 137 Å². The minimum Gasteiger partial charge on any atom is -0.346 e. The molecule has 0 radical (unpaired) electrons. The van der Waals surface area contributed by atoms with Crippen molar-refractivity contribution in [2.75, 3.05) is 0 Å². The molecule has 0 aliphatic heterocycles. The number of carbonyl (C=O) groups is 1. The van der Waals surface area contributed by atoms with Crippen LogP contribution < -0.4 is 10.9 Å². The summed E-state index contributed by atoms with van der Waals surface area (Å²) in [6, 6.07) is 14.4. The van der Waals surface area contributed by atoms with Gasteiger partial charge in [-0.25, -0.2) is 4.98 Å². The summed E-state index contributed by atoms with van der Waals surface area (Å²) in [4.78, 5) is 28.8. The first-order valence-electron chi connectivity index (χ1n) is 7.05. The molecular weight excluding hydrogens is 314 g/mol. The molecular formula is C17H14ClN3O2. The molecule has 23 heavy (non-hydrogen) atoms. The Bertz CT molecular complexity index is 950. The van der Waals surface area contributed by atoms with Crippen molar-refractivity contribution in [2.24, 2.45) is 7.05 Å². The smallest absolute Gasteiger partial charge is 0.282 e. The van der Waals surface area contributed by atoms with Crippen LogP contribution in [0.15, 0.2) is 53.3 Å². The van der Waals surface area contributed by atoms with Gasteiger partial charge in [-0.2, -0.15) is 0 Å². The number of benzene rings is 2. The maximum Gasteiger partial charge on any atom is 0.282 e. The van der Waals surface area contributed by atoms with E-state index in [1.54, 1.807) is 25.2 Å². The number of halogens is 1. The molecule has 5 nitrogen and oxygen atoms in total. The van der Waals surface area contributed by atoms with Crippen molar-refractivity contribution in [2.45, 2.75) is 6.54 Å². The van der Waals surface area contributed by atoms with Crippen LogP contribution in [0.2, 0.25) is 5.02 Å². The molecule has 1 aromatic heterocycles. The minimum absolute atomic E-state index is 0.127. The number of amides is 1. The van der Waals surface area contributed by atoms with Crippen LogP contribution in [0.25, 0.3) is 11.0 Å². The molecule has 0 fully saturated rings. The second-order valence-corrected chi connectivity index (χ2v) is 5.49. The fourth-order valence-corrected chi connectivity index (χ4v) is 2.53. The van der Waals surface area contributed by atoms with Gasteiger partial charge in [0.1, 0.15) is 0 Å². The third kappa shape index (κ3) is 2.96. The van der Waals surface area contributed by atoms with Gasteiger partial charge in [0.05, 0.1) is 11.0 Å². The van der Waals surface area contributed by atoms with E-state index < -0.39 is 11.5 Å². The normalized spacial score (nSPS) is 10.7. The molecule has 0 aliphatic carbocycles. The van der Waals surface area contributed by atoms with Crippen LogP contribution in [0.1, 0.15) is 16.1 Å². The summed E-state index contributed by atoms with van der Waals surface area (Å²) < 4.78 is 1.42. The maximum atomic E-state index is 12.3. The molecule has 0 unspecified atom stereocenters. The lowest BCUT2D eigenvalue weighted by Crippen LogP contribution is -2.33. The predicted molar refractivity (Wildman–Crippen MR) is 89.6 cm³/mol. The Balaban J connectivity index is 1.91. The first kappa shape index (κ1) is 15.2. The van der Waals surface area contributed by atoms with Crippen molar-refractivity contribution < 1.29 is 4.79 Å². The number of nitrogens with one attached hydrogen (secondary N) is 1. The number of carbonyl (C=O) groups excluding carboxylic acids is 1. The number of hydrogen-bond donors (Lipinski definition) is 1. The van der Waals surface area contributed by atoms with Gasteiger partial charge < -0.3 is 9.88 Å². The van der Waals surface area contributed by atoms with Gasteiger partial charge in [0, 0.05) is 18.6 Å². The molecule has 3 aromatic rings. The molecule has 116 valence electrons. The topological polar surface area (TPSA) is 64.0 Å². The molecule has 0 saturated heterocycles. The molecule has 0 saturated carbocycles. The molecule has 2 aromatic carbocycles. The van der Waals surface area contributed by atoms with Crippen LogP contribution in [-0.2, 0) is 13.6 Å². The summed E-state index contributed by atoms with van der Waals surface area (Å²) in [6.07, 6.45) is 0. The lowest BCUT2D eigenvalue weighted by Gasteiger charge is -2.09. The van der Waals surface area contributed by atoms with Gasteiger partial charge in [0.25, 0.3) is 11.5 Å². The van der Waals surface area contributed by atoms with Crippen molar-refractivity contribution in [3.63, 3.8) is 0 Å². The SMILES string of the molecule is Cn1c(=O)c(C(=O)NCc2ccccc2Cl)nc2ccccc21. The summed E-state index contributed by atoms with van der Waals surface area (Å²) in [5.74, 6) is -0.517. The zero-order valence-electron chi connectivity index (χ0n) is 12.4. The van der Waals surface area contributed by atoms with Gasteiger partial charge in [-0.3, -0.25) is 9.59 Å². The molecule has 0 spiro atoms. The van der Waals surface area contributed by atoms with Crippen molar-refractivity contribution in [3.05, 3.63) is 75.2 Å². The Hall–Kier alpha value is -2.66.